The summed E-state index contributed by atoms with van der Waals surface area (Å²) in [7, 11) is 0. The molecule has 0 aliphatic carbocycles. The molecule has 0 aliphatic heterocycles. The van der Waals surface area contributed by atoms with Crippen molar-refractivity contribution in [3.63, 3.8) is 0 Å². The fourth-order valence-electron chi connectivity index (χ4n) is 0.481. The standard InChI is InChI=1S/C6H6N2O.H2S/c1-5(9)6-4-7-2-3-8-6;/h2-4H,1H3;1H2. The van der Waals surface area contributed by atoms with Gasteiger partial charge in [0.15, 0.2) is 5.78 Å². The first-order valence-corrected chi connectivity index (χ1v) is 2.57. The largest absolute Gasteiger partial charge is 0.293 e. The molecular weight excluding hydrogens is 148 g/mol. The first-order valence-electron chi connectivity index (χ1n) is 2.57. The van der Waals surface area contributed by atoms with E-state index in [0.717, 1.165) is 0 Å². The quantitative estimate of drug-likeness (QED) is 0.564. The highest BCUT2D eigenvalue weighted by atomic mass is 32.1. The van der Waals surface area contributed by atoms with E-state index in [1.165, 1.54) is 25.5 Å². The number of Topliss-reactive ketones (excluding diaryl/α,β-unsaturated/α-hetero) is 1. The van der Waals surface area contributed by atoms with Gasteiger partial charge in [0.25, 0.3) is 0 Å². The summed E-state index contributed by atoms with van der Waals surface area (Å²) in [5, 5.41) is 0. The Balaban J connectivity index is 0.000000810. The Morgan fingerprint density at radius 1 is 1.50 bits per heavy atom. The SMILES string of the molecule is CC(=O)c1cnccn1.S. The molecule has 1 rings (SSSR count). The van der Waals surface area contributed by atoms with Gasteiger partial charge in [-0.3, -0.25) is 9.78 Å². The van der Waals surface area contributed by atoms with Gasteiger partial charge in [-0.15, -0.1) is 0 Å². The third-order valence-electron chi connectivity index (χ3n) is 0.924. The Kier molecular flexibility index (Phi) is 3.64. The number of rotatable bonds is 1. The molecule has 0 unspecified atom stereocenters. The van der Waals surface area contributed by atoms with Gasteiger partial charge in [-0.25, -0.2) is 4.98 Å². The zero-order valence-electron chi connectivity index (χ0n) is 5.53. The van der Waals surface area contributed by atoms with Gasteiger partial charge in [-0.1, -0.05) is 0 Å². The van der Waals surface area contributed by atoms with E-state index in [-0.39, 0.29) is 19.3 Å². The van der Waals surface area contributed by atoms with E-state index in [4.69, 9.17) is 0 Å². The van der Waals surface area contributed by atoms with Crippen molar-refractivity contribution in [1.29, 1.82) is 0 Å². The Morgan fingerprint density at radius 2 is 2.20 bits per heavy atom. The highest BCUT2D eigenvalue weighted by molar-refractivity contribution is 7.59. The molecule has 4 heteroatoms. The van der Waals surface area contributed by atoms with Crippen LogP contribution in [0.4, 0.5) is 0 Å². The molecule has 0 bridgehead atoms. The van der Waals surface area contributed by atoms with Crippen molar-refractivity contribution in [3.05, 3.63) is 24.3 Å². The topological polar surface area (TPSA) is 42.9 Å². The first kappa shape index (κ1) is 9.10. The Hall–Kier alpha value is -0.900. The summed E-state index contributed by atoms with van der Waals surface area (Å²) in [5.41, 5.74) is 0.414. The van der Waals surface area contributed by atoms with Gasteiger partial charge in [0.2, 0.25) is 0 Å². The minimum Gasteiger partial charge on any atom is -0.293 e. The van der Waals surface area contributed by atoms with Crippen molar-refractivity contribution in [2.75, 3.05) is 0 Å². The van der Waals surface area contributed by atoms with Crippen molar-refractivity contribution in [2.45, 2.75) is 6.92 Å². The molecule has 3 nitrogen and oxygen atoms in total. The average Bonchev–Trinajstić information content (AvgIpc) is 1.90. The molecule has 10 heavy (non-hydrogen) atoms. The number of hydrogen-bond donors (Lipinski definition) is 0. The van der Waals surface area contributed by atoms with Crippen LogP contribution in [0.15, 0.2) is 18.6 Å². The summed E-state index contributed by atoms with van der Waals surface area (Å²) in [6.07, 6.45) is 4.48. The normalized spacial score (nSPS) is 8.10. The maximum absolute atomic E-state index is 10.5. The third kappa shape index (κ3) is 2.14. The highest BCUT2D eigenvalue weighted by Gasteiger charge is 1.96. The van der Waals surface area contributed by atoms with E-state index >= 15 is 0 Å². The molecule has 1 aromatic rings. The van der Waals surface area contributed by atoms with Crippen molar-refractivity contribution in [2.24, 2.45) is 0 Å². The molecule has 0 saturated carbocycles. The summed E-state index contributed by atoms with van der Waals surface area (Å²) in [4.78, 5) is 18.0. The van der Waals surface area contributed by atoms with E-state index < -0.39 is 0 Å². The molecule has 1 aromatic heterocycles. The van der Waals surface area contributed by atoms with Gasteiger partial charge in [0, 0.05) is 19.3 Å². The van der Waals surface area contributed by atoms with E-state index in [9.17, 15) is 4.79 Å². The molecule has 1 heterocycles. The van der Waals surface area contributed by atoms with Gasteiger partial charge >= 0.3 is 0 Å². The molecule has 0 spiro atoms. The van der Waals surface area contributed by atoms with Crippen LogP contribution in [-0.4, -0.2) is 15.8 Å². The fraction of sp³-hybridized carbons (Fsp3) is 0.167. The Morgan fingerprint density at radius 3 is 2.50 bits per heavy atom. The second-order valence-corrected chi connectivity index (χ2v) is 1.65. The maximum Gasteiger partial charge on any atom is 0.179 e. The number of aromatic nitrogens is 2. The number of carbonyl (C=O) groups is 1. The summed E-state index contributed by atoms with van der Waals surface area (Å²) < 4.78 is 0. The van der Waals surface area contributed by atoms with Crippen LogP contribution in [0.25, 0.3) is 0 Å². The van der Waals surface area contributed by atoms with Gasteiger partial charge in [-0.05, 0) is 0 Å². The van der Waals surface area contributed by atoms with E-state index in [1.807, 2.05) is 0 Å². The molecule has 54 valence electrons. The lowest BCUT2D eigenvalue weighted by Gasteiger charge is -1.87. The number of hydrogen-bond acceptors (Lipinski definition) is 3. The highest BCUT2D eigenvalue weighted by Crippen LogP contribution is 1.88. The van der Waals surface area contributed by atoms with E-state index in [2.05, 4.69) is 9.97 Å². The van der Waals surface area contributed by atoms with Crippen molar-refractivity contribution in [1.82, 2.24) is 9.97 Å². The summed E-state index contributed by atoms with van der Waals surface area (Å²) in [5.74, 6) is -0.0527. The number of carbonyl (C=O) groups excluding carboxylic acids is 1. The van der Waals surface area contributed by atoms with E-state index in [1.54, 1.807) is 0 Å². The fourth-order valence-corrected chi connectivity index (χ4v) is 0.481. The van der Waals surface area contributed by atoms with Gasteiger partial charge in [0.1, 0.15) is 5.69 Å². The molecule has 0 radical (unpaired) electrons. The number of nitrogens with zero attached hydrogens (tertiary/aromatic N) is 2. The molecular formula is C6H8N2OS. The molecule has 0 saturated heterocycles. The van der Waals surface area contributed by atoms with Crippen LogP contribution in [0.3, 0.4) is 0 Å². The van der Waals surface area contributed by atoms with Crippen LogP contribution in [0, 0.1) is 0 Å². The van der Waals surface area contributed by atoms with Crippen LogP contribution >= 0.6 is 13.5 Å². The Bertz CT molecular complexity index is 212. The van der Waals surface area contributed by atoms with Crippen LogP contribution in [0.5, 0.6) is 0 Å². The second-order valence-electron chi connectivity index (χ2n) is 1.65. The predicted octanol–water partition coefficient (Wildman–Crippen LogP) is 0.792. The van der Waals surface area contributed by atoms with Crippen LogP contribution in [0.2, 0.25) is 0 Å². The third-order valence-corrected chi connectivity index (χ3v) is 0.924. The molecule has 0 amide bonds. The van der Waals surface area contributed by atoms with Crippen molar-refractivity contribution in [3.8, 4) is 0 Å². The molecule has 0 atom stereocenters. The molecule has 0 aromatic carbocycles. The van der Waals surface area contributed by atoms with Gasteiger partial charge < -0.3 is 0 Å². The lowest BCUT2D eigenvalue weighted by atomic mass is 10.3. The molecule has 0 aliphatic rings. The first-order chi connectivity index (χ1) is 4.30. The second kappa shape index (κ2) is 4.00. The Labute approximate surface area is 66.0 Å². The smallest absolute Gasteiger partial charge is 0.179 e. The summed E-state index contributed by atoms with van der Waals surface area (Å²) in [6.45, 7) is 1.46. The zero-order valence-corrected chi connectivity index (χ0v) is 6.53. The van der Waals surface area contributed by atoms with Crippen LogP contribution in [-0.2, 0) is 0 Å². The molecule has 0 fully saturated rings. The van der Waals surface area contributed by atoms with Crippen LogP contribution < -0.4 is 0 Å². The predicted molar refractivity (Wildman–Crippen MR) is 42.4 cm³/mol. The summed E-state index contributed by atoms with van der Waals surface area (Å²) >= 11 is 0. The summed E-state index contributed by atoms with van der Waals surface area (Å²) in [6, 6.07) is 0. The van der Waals surface area contributed by atoms with Crippen LogP contribution in [0.1, 0.15) is 17.4 Å². The average molecular weight is 156 g/mol. The van der Waals surface area contributed by atoms with Crippen molar-refractivity contribution < 1.29 is 4.79 Å². The lowest BCUT2D eigenvalue weighted by Crippen LogP contribution is -1.95. The number of ketones is 1. The lowest BCUT2D eigenvalue weighted by molar-refractivity contribution is 0.101. The van der Waals surface area contributed by atoms with E-state index in [0.29, 0.717) is 5.69 Å². The molecule has 0 N–H and O–H groups in total. The van der Waals surface area contributed by atoms with Gasteiger partial charge in [0.05, 0.1) is 6.20 Å². The zero-order chi connectivity index (χ0) is 6.69. The minimum atomic E-state index is -0.0527. The maximum atomic E-state index is 10.5. The van der Waals surface area contributed by atoms with Gasteiger partial charge in [-0.2, -0.15) is 13.5 Å². The van der Waals surface area contributed by atoms with Crippen molar-refractivity contribution >= 4 is 19.3 Å². The monoisotopic (exact) mass is 156 g/mol. The minimum absolute atomic E-state index is 0.